The lowest BCUT2D eigenvalue weighted by Crippen LogP contribution is -2.46. The van der Waals surface area contributed by atoms with Crippen molar-refractivity contribution in [3.8, 4) is 11.1 Å². The van der Waals surface area contributed by atoms with Gasteiger partial charge in [-0.3, -0.25) is 0 Å². The molecule has 9 rings (SSSR count). The molecule has 0 atom stereocenters. The molecule has 0 amide bonds. The molecule has 8 aromatic carbocycles. The highest BCUT2D eigenvalue weighted by atomic mass is 28.3. The second kappa shape index (κ2) is 13.4. The molecule has 56 heavy (non-hydrogen) atoms. The third kappa shape index (κ3) is 6.02. The van der Waals surface area contributed by atoms with Gasteiger partial charge in [-0.2, -0.15) is 0 Å². The number of benzene rings is 8. The van der Waals surface area contributed by atoms with Crippen molar-refractivity contribution in [2.45, 2.75) is 59.3 Å². The van der Waals surface area contributed by atoms with Crippen LogP contribution >= 0.6 is 0 Å². The summed E-state index contributed by atoms with van der Waals surface area (Å²) in [6.07, 6.45) is 0. The number of hydrogen-bond donors (Lipinski definition) is 0. The number of hydrogen-bond acceptors (Lipinski definition) is 2. The van der Waals surface area contributed by atoms with E-state index >= 15 is 0 Å². The SMILES string of the molecule is Cc1ccc(N(c2ccc(C)cc2)c2ccc3cc4c(cc3c2)C(C)([Si](C)(C)C)c2cc3cc(N(c5ccc(C)cc5)c5ccc(C)cc5)ccc3cc2-4)cc1. The van der Waals surface area contributed by atoms with Crippen LogP contribution in [-0.4, -0.2) is 8.07 Å². The second-order valence-electron chi connectivity index (χ2n) is 17.2. The topological polar surface area (TPSA) is 6.48 Å². The summed E-state index contributed by atoms with van der Waals surface area (Å²) < 4.78 is 0. The molecule has 1 aliphatic rings. The summed E-state index contributed by atoms with van der Waals surface area (Å²) in [5.74, 6) is 0. The van der Waals surface area contributed by atoms with E-state index in [4.69, 9.17) is 0 Å². The maximum atomic E-state index is 2.54. The van der Waals surface area contributed by atoms with E-state index in [2.05, 4.69) is 222 Å². The quantitative estimate of drug-likeness (QED) is 0.150. The van der Waals surface area contributed by atoms with Gasteiger partial charge >= 0.3 is 0 Å². The van der Waals surface area contributed by atoms with Crippen molar-refractivity contribution >= 4 is 63.7 Å². The number of anilines is 6. The average Bonchev–Trinajstić information content (AvgIpc) is 3.43. The normalized spacial score (nSPS) is 13.1. The van der Waals surface area contributed by atoms with Gasteiger partial charge in [-0.25, -0.2) is 0 Å². The summed E-state index contributed by atoms with van der Waals surface area (Å²) in [4.78, 5) is 4.78. The molecular formula is C53H50N2Si. The maximum absolute atomic E-state index is 2.54. The largest absolute Gasteiger partial charge is 0.310 e. The minimum Gasteiger partial charge on any atom is -0.310 e. The van der Waals surface area contributed by atoms with Crippen LogP contribution in [0.1, 0.15) is 40.3 Å². The molecule has 2 nitrogen and oxygen atoms in total. The molecule has 276 valence electrons. The van der Waals surface area contributed by atoms with Crippen LogP contribution in [0.25, 0.3) is 32.7 Å². The van der Waals surface area contributed by atoms with E-state index in [9.17, 15) is 0 Å². The summed E-state index contributed by atoms with van der Waals surface area (Å²) in [6, 6.07) is 59.5. The Labute approximate surface area is 333 Å². The van der Waals surface area contributed by atoms with Gasteiger partial charge in [-0.1, -0.05) is 109 Å². The predicted octanol–water partition coefficient (Wildman–Crippen LogP) is 15.3. The van der Waals surface area contributed by atoms with E-state index in [-0.39, 0.29) is 5.04 Å². The van der Waals surface area contributed by atoms with E-state index in [1.807, 2.05) is 0 Å². The molecule has 0 saturated carbocycles. The lowest BCUT2D eigenvalue weighted by atomic mass is 9.94. The summed E-state index contributed by atoms with van der Waals surface area (Å²) in [5.41, 5.74) is 17.7. The lowest BCUT2D eigenvalue weighted by Gasteiger charge is -2.39. The first-order chi connectivity index (χ1) is 26.9. The Morgan fingerprint density at radius 2 is 0.625 bits per heavy atom. The zero-order valence-electron chi connectivity index (χ0n) is 33.9. The van der Waals surface area contributed by atoms with Gasteiger partial charge in [-0.15, -0.1) is 0 Å². The highest BCUT2D eigenvalue weighted by Gasteiger charge is 2.48. The van der Waals surface area contributed by atoms with Gasteiger partial charge in [0.15, 0.2) is 0 Å². The molecule has 1 aliphatic carbocycles. The first-order valence-corrected chi connectivity index (χ1v) is 23.4. The van der Waals surface area contributed by atoms with E-state index in [1.165, 1.54) is 77.4 Å². The van der Waals surface area contributed by atoms with Gasteiger partial charge in [0, 0.05) is 39.2 Å². The zero-order chi connectivity index (χ0) is 38.9. The first kappa shape index (κ1) is 35.8. The Balaban J connectivity index is 1.19. The number of nitrogens with zero attached hydrogens (tertiary/aromatic N) is 2. The fourth-order valence-electron chi connectivity index (χ4n) is 8.74. The fraction of sp³-hybridized carbons (Fsp3) is 0.170. The standard InChI is InChI=1S/C53H50N2Si/c1-35-9-19-43(20-10-35)54(44-21-11-36(2)12-22-44)47-27-17-39-31-49-50-32-40-18-28-48(55(45-23-13-37(3)14-24-45)46-25-15-38(4)16-26-46)30-42(40)34-52(50)53(5,56(6,7)8)51(49)33-41(39)29-47/h9-34H,1-8H3. The van der Waals surface area contributed by atoms with E-state index in [0.717, 1.165) is 22.7 Å². The molecule has 0 unspecified atom stereocenters. The van der Waals surface area contributed by atoms with Gasteiger partial charge in [-0.05, 0) is 169 Å². The van der Waals surface area contributed by atoms with Crippen molar-refractivity contribution in [1.29, 1.82) is 0 Å². The smallest absolute Gasteiger partial charge is 0.0609 e. The van der Waals surface area contributed by atoms with Crippen molar-refractivity contribution in [1.82, 2.24) is 0 Å². The van der Waals surface area contributed by atoms with Gasteiger partial charge in [0.25, 0.3) is 0 Å². The summed E-state index contributed by atoms with van der Waals surface area (Å²) in [6.45, 7) is 18.8. The number of fused-ring (bicyclic) bond motifs is 5. The molecule has 0 fully saturated rings. The van der Waals surface area contributed by atoms with E-state index in [0.29, 0.717) is 0 Å². The third-order valence-electron chi connectivity index (χ3n) is 12.5. The predicted molar refractivity (Wildman–Crippen MR) is 245 cm³/mol. The zero-order valence-corrected chi connectivity index (χ0v) is 34.9. The van der Waals surface area contributed by atoms with Crippen LogP contribution in [0.5, 0.6) is 0 Å². The molecule has 0 spiro atoms. The Morgan fingerprint density at radius 3 is 0.911 bits per heavy atom. The molecule has 0 heterocycles. The highest BCUT2D eigenvalue weighted by Crippen LogP contribution is 2.55. The molecule has 0 aliphatic heterocycles. The van der Waals surface area contributed by atoms with Crippen LogP contribution < -0.4 is 9.80 Å². The third-order valence-corrected chi connectivity index (χ3v) is 16.0. The van der Waals surface area contributed by atoms with Crippen molar-refractivity contribution in [3.05, 3.63) is 191 Å². The molecule has 0 bridgehead atoms. The first-order valence-electron chi connectivity index (χ1n) is 19.9. The van der Waals surface area contributed by atoms with Gasteiger partial charge in [0.1, 0.15) is 0 Å². The Morgan fingerprint density at radius 1 is 0.339 bits per heavy atom. The molecule has 0 aromatic heterocycles. The van der Waals surface area contributed by atoms with Crippen LogP contribution in [0, 0.1) is 27.7 Å². The average molecular weight is 743 g/mol. The lowest BCUT2D eigenvalue weighted by molar-refractivity contribution is 0.802. The van der Waals surface area contributed by atoms with Crippen molar-refractivity contribution < 1.29 is 0 Å². The molecular weight excluding hydrogens is 693 g/mol. The molecule has 0 radical (unpaired) electrons. The van der Waals surface area contributed by atoms with Gasteiger partial charge in [0.2, 0.25) is 0 Å². The second-order valence-corrected chi connectivity index (χ2v) is 22.7. The van der Waals surface area contributed by atoms with Crippen LogP contribution in [0.2, 0.25) is 19.6 Å². The summed E-state index contributed by atoms with van der Waals surface area (Å²) >= 11 is 0. The Hall–Kier alpha value is -5.90. The fourth-order valence-corrected chi connectivity index (χ4v) is 10.8. The molecule has 8 aromatic rings. The Bertz CT molecular complexity index is 2480. The van der Waals surface area contributed by atoms with Crippen molar-refractivity contribution in [2.75, 3.05) is 9.80 Å². The minimum atomic E-state index is -1.85. The van der Waals surface area contributed by atoms with Gasteiger partial charge in [0.05, 0.1) is 8.07 Å². The monoisotopic (exact) mass is 742 g/mol. The highest BCUT2D eigenvalue weighted by molar-refractivity contribution is 6.80. The number of rotatable bonds is 7. The van der Waals surface area contributed by atoms with Crippen LogP contribution in [-0.2, 0) is 5.04 Å². The molecule has 0 saturated heterocycles. The minimum absolute atomic E-state index is 0.0761. The van der Waals surface area contributed by atoms with Gasteiger partial charge < -0.3 is 9.80 Å². The van der Waals surface area contributed by atoms with Crippen molar-refractivity contribution in [2.24, 2.45) is 0 Å². The van der Waals surface area contributed by atoms with E-state index < -0.39 is 8.07 Å². The maximum Gasteiger partial charge on any atom is 0.0609 e. The van der Waals surface area contributed by atoms with Crippen LogP contribution in [0.15, 0.2) is 158 Å². The summed E-state index contributed by atoms with van der Waals surface area (Å²) in [5, 5.41) is 5.03. The number of aryl methyl sites for hydroxylation is 4. The Kier molecular flexibility index (Phi) is 8.56. The van der Waals surface area contributed by atoms with Crippen LogP contribution in [0.3, 0.4) is 0 Å². The molecule has 0 N–H and O–H groups in total. The molecule has 3 heteroatoms. The van der Waals surface area contributed by atoms with Crippen LogP contribution in [0.4, 0.5) is 34.1 Å². The summed E-state index contributed by atoms with van der Waals surface area (Å²) in [7, 11) is -1.85. The van der Waals surface area contributed by atoms with E-state index in [1.54, 1.807) is 0 Å². The van der Waals surface area contributed by atoms with Crippen molar-refractivity contribution in [3.63, 3.8) is 0 Å².